The van der Waals surface area contributed by atoms with E-state index in [4.69, 9.17) is 21.6 Å². The molecule has 2 N–H and O–H groups in total. The Morgan fingerprint density at radius 1 is 1.25 bits per heavy atom. The summed E-state index contributed by atoms with van der Waals surface area (Å²) >= 11 is 0. The molecule has 1 amide bonds. The Morgan fingerprint density at radius 3 is 2.67 bits per heavy atom. The number of benzene rings is 1. The summed E-state index contributed by atoms with van der Waals surface area (Å²) in [4.78, 5) is 11.2. The van der Waals surface area contributed by atoms with Crippen molar-refractivity contribution < 1.29 is 14.3 Å². The zero-order chi connectivity index (χ0) is 17.3. The number of hydrogen-bond acceptors (Lipinski definition) is 3. The van der Waals surface area contributed by atoms with Crippen molar-refractivity contribution in [1.82, 2.24) is 0 Å². The van der Waals surface area contributed by atoms with E-state index in [1.807, 2.05) is 42.5 Å². The highest BCUT2D eigenvalue weighted by atomic mass is 16.7. The van der Waals surface area contributed by atoms with Crippen molar-refractivity contribution in [2.75, 3.05) is 6.61 Å². The molecule has 0 aliphatic heterocycles. The maximum atomic E-state index is 11.2. The molecule has 0 bridgehead atoms. The number of allylic oxidation sites excluding steroid dienone is 2. The Labute approximate surface area is 143 Å². The van der Waals surface area contributed by atoms with Gasteiger partial charge in [-0.25, -0.2) is 4.79 Å². The molecular weight excluding hydrogens is 302 g/mol. The molecule has 0 heterocycles. The third kappa shape index (κ3) is 5.29. The number of carbonyl (C=O) groups excluding carboxylic acids is 1. The number of primary amides is 1. The molecule has 0 radical (unpaired) electrons. The standard InChI is InChI=1S/C20H23NO3/c1-2-3-4-5-9-16-23-20(24-19(21)22)14-12-18(13-15-20)17-10-7-6-8-11-17/h1,6-8,10-14H,3-5,9,15-16H2,(H2,21,22). The summed E-state index contributed by atoms with van der Waals surface area (Å²) in [5, 5.41) is 0. The normalized spacial score (nSPS) is 19.4. The Hall–Kier alpha value is -2.51. The quantitative estimate of drug-likeness (QED) is 0.446. The molecule has 1 aromatic rings. The monoisotopic (exact) mass is 325 g/mol. The van der Waals surface area contributed by atoms with Gasteiger partial charge in [-0.1, -0.05) is 48.9 Å². The lowest BCUT2D eigenvalue weighted by molar-refractivity contribution is -0.164. The van der Waals surface area contributed by atoms with Crippen LogP contribution in [0.5, 0.6) is 0 Å². The first-order valence-corrected chi connectivity index (χ1v) is 8.16. The molecule has 126 valence electrons. The van der Waals surface area contributed by atoms with E-state index in [9.17, 15) is 4.79 Å². The Balaban J connectivity index is 1.95. The van der Waals surface area contributed by atoms with E-state index in [0.717, 1.165) is 36.8 Å². The van der Waals surface area contributed by atoms with E-state index in [1.165, 1.54) is 0 Å². The van der Waals surface area contributed by atoms with Crippen LogP contribution in [0.15, 0.2) is 48.6 Å². The van der Waals surface area contributed by atoms with Gasteiger partial charge in [-0.3, -0.25) is 0 Å². The van der Waals surface area contributed by atoms with Crippen molar-refractivity contribution in [3.63, 3.8) is 0 Å². The molecule has 1 aromatic carbocycles. The number of hydrogen-bond donors (Lipinski definition) is 1. The van der Waals surface area contributed by atoms with Crippen LogP contribution in [0.1, 0.15) is 37.7 Å². The number of amides is 1. The predicted octanol–water partition coefficient (Wildman–Crippen LogP) is 4.03. The molecule has 0 fully saturated rings. The maximum absolute atomic E-state index is 11.2. The molecule has 1 aliphatic carbocycles. The molecule has 0 saturated carbocycles. The van der Waals surface area contributed by atoms with Crippen LogP contribution in [0, 0.1) is 12.3 Å². The highest BCUT2D eigenvalue weighted by Crippen LogP contribution is 2.30. The molecule has 2 rings (SSSR count). The first-order chi connectivity index (χ1) is 11.7. The molecule has 4 nitrogen and oxygen atoms in total. The largest absolute Gasteiger partial charge is 0.413 e. The van der Waals surface area contributed by atoms with Gasteiger partial charge < -0.3 is 15.2 Å². The summed E-state index contributed by atoms with van der Waals surface area (Å²) in [6.45, 7) is 0.483. The van der Waals surface area contributed by atoms with Crippen LogP contribution in [-0.2, 0) is 9.47 Å². The fourth-order valence-corrected chi connectivity index (χ4v) is 2.58. The van der Waals surface area contributed by atoms with E-state index in [0.29, 0.717) is 13.0 Å². The third-order valence-electron chi connectivity index (χ3n) is 3.82. The van der Waals surface area contributed by atoms with Crippen LogP contribution in [-0.4, -0.2) is 18.5 Å². The second-order valence-electron chi connectivity index (χ2n) is 5.66. The van der Waals surface area contributed by atoms with Crippen LogP contribution >= 0.6 is 0 Å². The number of ether oxygens (including phenoxy) is 2. The second kappa shape index (κ2) is 8.95. The Bertz CT molecular complexity index is 643. The van der Waals surface area contributed by atoms with Gasteiger partial charge in [0.15, 0.2) is 0 Å². The first-order valence-electron chi connectivity index (χ1n) is 8.16. The van der Waals surface area contributed by atoms with E-state index in [2.05, 4.69) is 5.92 Å². The van der Waals surface area contributed by atoms with Gasteiger partial charge >= 0.3 is 6.09 Å². The zero-order valence-electron chi connectivity index (χ0n) is 13.7. The molecular formula is C20H23NO3. The highest BCUT2D eigenvalue weighted by molar-refractivity contribution is 5.75. The number of rotatable bonds is 8. The lowest BCUT2D eigenvalue weighted by Gasteiger charge is -2.31. The molecule has 0 aromatic heterocycles. The number of unbranched alkanes of at least 4 members (excludes halogenated alkanes) is 3. The molecule has 24 heavy (non-hydrogen) atoms. The summed E-state index contributed by atoms with van der Waals surface area (Å²) in [6, 6.07) is 10.0. The van der Waals surface area contributed by atoms with Crippen molar-refractivity contribution >= 4 is 11.7 Å². The number of nitrogens with two attached hydrogens (primary N) is 1. The van der Waals surface area contributed by atoms with Crippen molar-refractivity contribution in [2.45, 2.75) is 37.9 Å². The summed E-state index contributed by atoms with van der Waals surface area (Å²) in [5.74, 6) is 1.50. The zero-order valence-corrected chi connectivity index (χ0v) is 13.7. The Morgan fingerprint density at radius 2 is 2.04 bits per heavy atom. The van der Waals surface area contributed by atoms with Gasteiger partial charge in [0.05, 0.1) is 6.61 Å². The molecule has 0 spiro atoms. The Kier molecular flexibility index (Phi) is 6.65. The van der Waals surface area contributed by atoms with Crippen LogP contribution in [0.3, 0.4) is 0 Å². The van der Waals surface area contributed by atoms with Gasteiger partial charge in [0.1, 0.15) is 0 Å². The minimum absolute atomic E-state index is 0.432. The summed E-state index contributed by atoms with van der Waals surface area (Å²) in [7, 11) is 0. The van der Waals surface area contributed by atoms with E-state index in [1.54, 1.807) is 6.08 Å². The van der Waals surface area contributed by atoms with E-state index >= 15 is 0 Å². The highest BCUT2D eigenvalue weighted by Gasteiger charge is 2.33. The van der Waals surface area contributed by atoms with Crippen molar-refractivity contribution in [1.29, 1.82) is 0 Å². The third-order valence-corrected chi connectivity index (χ3v) is 3.82. The minimum Gasteiger partial charge on any atom is -0.413 e. The summed E-state index contributed by atoms with van der Waals surface area (Å²) in [6.07, 6.45) is 14.1. The molecule has 1 aliphatic rings. The van der Waals surface area contributed by atoms with Gasteiger partial charge in [-0.05, 0) is 30.1 Å². The predicted molar refractivity (Wildman–Crippen MR) is 94.8 cm³/mol. The van der Waals surface area contributed by atoms with Gasteiger partial charge in [0.25, 0.3) is 0 Å². The molecule has 0 saturated heterocycles. The lowest BCUT2D eigenvalue weighted by Crippen LogP contribution is -2.39. The minimum atomic E-state index is -1.11. The van der Waals surface area contributed by atoms with E-state index in [-0.39, 0.29) is 0 Å². The van der Waals surface area contributed by atoms with Crippen LogP contribution in [0.4, 0.5) is 4.79 Å². The van der Waals surface area contributed by atoms with Crippen molar-refractivity contribution in [3.8, 4) is 12.3 Å². The van der Waals surface area contributed by atoms with Gasteiger partial charge in [0, 0.05) is 12.8 Å². The molecule has 1 atom stereocenters. The van der Waals surface area contributed by atoms with Crippen LogP contribution in [0.2, 0.25) is 0 Å². The van der Waals surface area contributed by atoms with Gasteiger partial charge in [-0.15, -0.1) is 12.3 Å². The number of carbonyl (C=O) groups is 1. The maximum Gasteiger partial charge on any atom is 0.407 e. The van der Waals surface area contributed by atoms with Gasteiger partial charge in [0.2, 0.25) is 5.79 Å². The summed E-state index contributed by atoms with van der Waals surface area (Å²) < 4.78 is 11.1. The lowest BCUT2D eigenvalue weighted by atomic mass is 9.96. The smallest absolute Gasteiger partial charge is 0.407 e. The fraction of sp³-hybridized carbons (Fsp3) is 0.350. The average molecular weight is 325 g/mol. The van der Waals surface area contributed by atoms with E-state index < -0.39 is 11.9 Å². The summed E-state index contributed by atoms with van der Waals surface area (Å²) in [5.41, 5.74) is 7.38. The van der Waals surface area contributed by atoms with Crippen LogP contribution in [0.25, 0.3) is 5.57 Å². The first kappa shape index (κ1) is 17.8. The molecule has 4 heteroatoms. The number of terminal acetylenes is 1. The average Bonchev–Trinajstić information content (AvgIpc) is 2.59. The molecule has 1 unspecified atom stereocenters. The second-order valence-corrected chi connectivity index (χ2v) is 5.66. The van der Waals surface area contributed by atoms with Crippen LogP contribution < -0.4 is 5.73 Å². The fourth-order valence-electron chi connectivity index (χ4n) is 2.58. The SMILES string of the molecule is C#CCCCCCOC1(OC(N)=O)C=CC(c2ccccc2)=CC1. The van der Waals surface area contributed by atoms with Gasteiger partial charge in [-0.2, -0.15) is 0 Å². The topological polar surface area (TPSA) is 61.6 Å². The van der Waals surface area contributed by atoms with Crippen molar-refractivity contribution in [2.24, 2.45) is 5.73 Å². The van der Waals surface area contributed by atoms with Crippen molar-refractivity contribution in [3.05, 3.63) is 54.1 Å².